The topological polar surface area (TPSA) is 64.8 Å². The van der Waals surface area contributed by atoms with E-state index in [1.54, 1.807) is 19.1 Å². The van der Waals surface area contributed by atoms with Gasteiger partial charge in [-0.05, 0) is 13.3 Å². The summed E-state index contributed by atoms with van der Waals surface area (Å²) in [5.41, 5.74) is 5.94. The Labute approximate surface area is 111 Å². The number of methoxy groups -OCH3 is 2. The quantitative estimate of drug-likeness (QED) is 0.637. The Morgan fingerprint density at radius 3 is 2.50 bits per heavy atom. The zero-order chi connectivity index (χ0) is 14.0. The Balaban J connectivity index is 4.46. The van der Waals surface area contributed by atoms with Crippen LogP contribution in [0.25, 0.3) is 0 Å². The van der Waals surface area contributed by atoms with Gasteiger partial charge in [0.15, 0.2) is 0 Å². The van der Waals surface area contributed by atoms with E-state index >= 15 is 0 Å². The normalized spacial score (nSPS) is 14.3. The highest BCUT2D eigenvalue weighted by molar-refractivity contribution is 5.81. The molecule has 0 bridgehead atoms. The summed E-state index contributed by atoms with van der Waals surface area (Å²) in [5, 5.41) is 0. The van der Waals surface area contributed by atoms with Gasteiger partial charge in [-0.15, -0.1) is 0 Å². The number of nitrogens with two attached hydrogens (primary N) is 1. The molecule has 0 fully saturated rings. The van der Waals surface area contributed by atoms with Crippen LogP contribution in [0.4, 0.5) is 0 Å². The smallest absolute Gasteiger partial charge is 0.239 e. The molecule has 108 valence electrons. The molecule has 0 heterocycles. The molecule has 0 aromatic heterocycles. The molecule has 0 saturated carbocycles. The SMILES string of the molecule is CCCCC(N)C(=O)N(CCOC)C(C)COC. The number of rotatable bonds is 10. The van der Waals surface area contributed by atoms with Gasteiger partial charge in [-0.2, -0.15) is 0 Å². The van der Waals surface area contributed by atoms with Gasteiger partial charge in [0.25, 0.3) is 0 Å². The van der Waals surface area contributed by atoms with Crippen LogP contribution < -0.4 is 5.73 Å². The molecule has 5 nitrogen and oxygen atoms in total. The number of carbonyl (C=O) groups is 1. The van der Waals surface area contributed by atoms with E-state index in [4.69, 9.17) is 15.2 Å². The molecule has 1 amide bonds. The van der Waals surface area contributed by atoms with Gasteiger partial charge in [0.2, 0.25) is 5.91 Å². The second-order valence-electron chi connectivity index (χ2n) is 4.58. The van der Waals surface area contributed by atoms with Gasteiger partial charge >= 0.3 is 0 Å². The van der Waals surface area contributed by atoms with E-state index in [0.717, 1.165) is 19.3 Å². The molecule has 0 saturated heterocycles. The summed E-state index contributed by atoms with van der Waals surface area (Å²) >= 11 is 0. The number of nitrogens with zero attached hydrogens (tertiary/aromatic N) is 1. The standard InChI is InChI=1S/C13H28N2O3/c1-5-6-7-12(14)13(16)15(8-9-17-3)11(2)10-18-4/h11-12H,5-10,14H2,1-4H3. The van der Waals surface area contributed by atoms with Crippen molar-refractivity contribution in [1.82, 2.24) is 4.90 Å². The van der Waals surface area contributed by atoms with Crippen LogP contribution in [0.3, 0.4) is 0 Å². The molecular weight excluding hydrogens is 232 g/mol. The Morgan fingerprint density at radius 2 is 2.00 bits per heavy atom. The molecule has 0 aliphatic heterocycles. The molecule has 0 aliphatic carbocycles. The van der Waals surface area contributed by atoms with Gasteiger partial charge in [0, 0.05) is 20.8 Å². The maximum Gasteiger partial charge on any atom is 0.239 e. The maximum atomic E-state index is 12.3. The second-order valence-corrected chi connectivity index (χ2v) is 4.58. The predicted octanol–water partition coefficient (Wildman–Crippen LogP) is 1.01. The molecule has 2 unspecified atom stereocenters. The van der Waals surface area contributed by atoms with E-state index in [9.17, 15) is 4.79 Å². The van der Waals surface area contributed by atoms with Crippen LogP contribution in [0.15, 0.2) is 0 Å². The van der Waals surface area contributed by atoms with E-state index in [-0.39, 0.29) is 11.9 Å². The molecule has 2 N–H and O–H groups in total. The molecule has 18 heavy (non-hydrogen) atoms. The van der Waals surface area contributed by atoms with Crippen LogP contribution in [0, 0.1) is 0 Å². The molecule has 0 radical (unpaired) electrons. The average Bonchev–Trinajstić information content (AvgIpc) is 2.36. The highest BCUT2D eigenvalue weighted by Gasteiger charge is 2.24. The van der Waals surface area contributed by atoms with Gasteiger partial charge in [-0.25, -0.2) is 0 Å². The minimum absolute atomic E-state index is 0.00921. The number of amides is 1. The summed E-state index contributed by atoms with van der Waals surface area (Å²) in [6, 6.07) is -0.397. The Bertz CT molecular complexity index is 224. The highest BCUT2D eigenvalue weighted by atomic mass is 16.5. The summed E-state index contributed by atoms with van der Waals surface area (Å²) in [4.78, 5) is 14.0. The molecular formula is C13H28N2O3. The third-order valence-corrected chi connectivity index (χ3v) is 2.95. The van der Waals surface area contributed by atoms with Crippen LogP contribution >= 0.6 is 0 Å². The van der Waals surface area contributed by atoms with Gasteiger partial charge < -0.3 is 20.1 Å². The van der Waals surface area contributed by atoms with Crippen molar-refractivity contribution < 1.29 is 14.3 Å². The third-order valence-electron chi connectivity index (χ3n) is 2.95. The molecule has 0 aromatic carbocycles. The van der Waals surface area contributed by atoms with E-state index < -0.39 is 6.04 Å². The van der Waals surface area contributed by atoms with Crippen molar-refractivity contribution in [1.29, 1.82) is 0 Å². The zero-order valence-corrected chi connectivity index (χ0v) is 12.1. The van der Waals surface area contributed by atoms with Crippen LogP contribution in [-0.4, -0.2) is 56.9 Å². The number of unbranched alkanes of at least 4 members (excludes halogenated alkanes) is 1. The Kier molecular flexibility index (Phi) is 9.92. The van der Waals surface area contributed by atoms with Crippen molar-refractivity contribution in [3.05, 3.63) is 0 Å². The van der Waals surface area contributed by atoms with Crippen LogP contribution in [0.2, 0.25) is 0 Å². The summed E-state index contributed by atoms with van der Waals surface area (Å²) in [6.07, 6.45) is 2.76. The van der Waals surface area contributed by atoms with Crippen molar-refractivity contribution >= 4 is 5.91 Å². The molecule has 0 aliphatic rings. The van der Waals surface area contributed by atoms with Gasteiger partial charge in [-0.1, -0.05) is 19.8 Å². The average molecular weight is 260 g/mol. The highest BCUT2D eigenvalue weighted by Crippen LogP contribution is 2.07. The summed E-state index contributed by atoms with van der Waals surface area (Å²) in [7, 11) is 3.26. The van der Waals surface area contributed by atoms with Gasteiger partial charge in [0.1, 0.15) is 0 Å². The molecule has 5 heteroatoms. The lowest BCUT2D eigenvalue weighted by Crippen LogP contribution is -2.50. The van der Waals surface area contributed by atoms with Crippen molar-refractivity contribution in [3.63, 3.8) is 0 Å². The van der Waals surface area contributed by atoms with Crippen LogP contribution in [0.1, 0.15) is 33.1 Å². The van der Waals surface area contributed by atoms with E-state index in [0.29, 0.717) is 19.8 Å². The summed E-state index contributed by atoms with van der Waals surface area (Å²) < 4.78 is 10.1. The maximum absolute atomic E-state index is 12.3. The first-order valence-electron chi connectivity index (χ1n) is 6.62. The monoisotopic (exact) mass is 260 g/mol. The van der Waals surface area contributed by atoms with Crippen LogP contribution in [-0.2, 0) is 14.3 Å². The van der Waals surface area contributed by atoms with Gasteiger partial charge in [0.05, 0.1) is 25.3 Å². The molecule has 0 aromatic rings. The fourth-order valence-corrected chi connectivity index (χ4v) is 1.83. The Morgan fingerprint density at radius 1 is 1.33 bits per heavy atom. The lowest BCUT2D eigenvalue weighted by Gasteiger charge is -2.31. The lowest BCUT2D eigenvalue weighted by atomic mass is 10.1. The zero-order valence-electron chi connectivity index (χ0n) is 12.1. The van der Waals surface area contributed by atoms with E-state index in [2.05, 4.69) is 6.92 Å². The number of hydrogen-bond donors (Lipinski definition) is 1. The number of hydrogen-bond acceptors (Lipinski definition) is 4. The fraction of sp³-hybridized carbons (Fsp3) is 0.923. The largest absolute Gasteiger partial charge is 0.383 e. The minimum Gasteiger partial charge on any atom is -0.383 e. The van der Waals surface area contributed by atoms with Crippen molar-refractivity contribution in [2.24, 2.45) is 5.73 Å². The molecule has 0 spiro atoms. The molecule has 0 rings (SSSR count). The Hall–Kier alpha value is -0.650. The van der Waals surface area contributed by atoms with Crippen molar-refractivity contribution in [2.75, 3.05) is 34.0 Å². The van der Waals surface area contributed by atoms with Crippen molar-refractivity contribution in [2.45, 2.75) is 45.2 Å². The first-order chi connectivity index (χ1) is 8.58. The minimum atomic E-state index is -0.416. The predicted molar refractivity (Wildman–Crippen MR) is 72.4 cm³/mol. The third kappa shape index (κ3) is 6.33. The first-order valence-corrected chi connectivity index (χ1v) is 6.62. The van der Waals surface area contributed by atoms with E-state index in [1.807, 2.05) is 6.92 Å². The lowest BCUT2D eigenvalue weighted by molar-refractivity contribution is -0.136. The molecule has 2 atom stereocenters. The summed E-state index contributed by atoms with van der Waals surface area (Å²) in [5.74, 6) is -0.00921. The van der Waals surface area contributed by atoms with Crippen LogP contribution in [0.5, 0.6) is 0 Å². The number of carbonyl (C=O) groups excluding carboxylic acids is 1. The van der Waals surface area contributed by atoms with Gasteiger partial charge in [-0.3, -0.25) is 4.79 Å². The number of ether oxygens (including phenoxy) is 2. The van der Waals surface area contributed by atoms with E-state index in [1.165, 1.54) is 0 Å². The van der Waals surface area contributed by atoms with Crippen molar-refractivity contribution in [3.8, 4) is 0 Å². The first kappa shape index (κ1) is 17.4. The second kappa shape index (κ2) is 10.3. The summed E-state index contributed by atoms with van der Waals surface area (Å²) in [6.45, 7) is 5.63. The fourth-order valence-electron chi connectivity index (χ4n) is 1.83.